The molecule has 2 N–H and O–H groups in total. The molecule has 1 aliphatic heterocycles. The van der Waals surface area contributed by atoms with E-state index in [0.29, 0.717) is 12.3 Å². The number of likely N-dealkylation sites (tertiary alicyclic amines) is 1. The van der Waals surface area contributed by atoms with E-state index in [1.54, 1.807) is 0 Å². The lowest BCUT2D eigenvalue weighted by Crippen LogP contribution is -2.58. The van der Waals surface area contributed by atoms with E-state index in [1.807, 2.05) is 4.90 Å². The van der Waals surface area contributed by atoms with Gasteiger partial charge in [0, 0.05) is 25.6 Å². The van der Waals surface area contributed by atoms with Gasteiger partial charge in [-0.3, -0.25) is 4.79 Å². The van der Waals surface area contributed by atoms with Gasteiger partial charge in [-0.25, -0.2) is 0 Å². The summed E-state index contributed by atoms with van der Waals surface area (Å²) in [5.74, 6) is 0.778. The van der Waals surface area contributed by atoms with Crippen molar-refractivity contribution in [2.24, 2.45) is 11.7 Å². The Morgan fingerprint density at radius 2 is 2.25 bits per heavy atom. The van der Waals surface area contributed by atoms with Gasteiger partial charge in [-0.1, -0.05) is 20.3 Å². The second-order valence-corrected chi connectivity index (χ2v) is 3.78. The summed E-state index contributed by atoms with van der Waals surface area (Å²) in [6, 6.07) is 0.228. The highest BCUT2D eigenvalue weighted by Crippen LogP contribution is 2.13. The van der Waals surface area contributed by atoms with E-state index in [-0.39, 0.29) is 11.9 Å². The molecule has 1 fully saturated rings. The molecule has 0 saturated carbocycles. The topological polar surface area (TPSA) is 46.3 Å². The Balaban J connectivity index is 2.20. The third kappa shape index (κ3) is 2.21. The Kier molecular flexibility index (Phi) is 3.09. The van der Waals surface area contributed by atoms with Gasteiger partial charge in [0.2, 0.25) is 5.91 Å². The maximum Gasteiger partial charge on any atom is 0.222 e. The lowest BCUT2D eigenvalue weighted by Gasteiger charge is -2.37. The fourth-order valence-electron chi connectivity index (χ4n) is 1.29. The number of hydrogen-bond acceptors (Lipinski definition) is 2. The number of rotatable bonds is 3. The molecule has 1 aliphatic rings. The Hall–Kier alpha value is -0.570. The predicted molar refractivity (Wildman–Crippen MR) is 48.6 cm³/mol. The van der Waals surface area contributed by atoms with Crippen LogP contribution in [0, 0.1) is 5.92 Å². The zero-order valence-electron chi connectivity index (χ0n) is 7.92. The zero-order chi connectivity index (χ0) is 9.14. The van der Waals surface area contributed by atoms with Gasteiger partial charge >= 0.3 is 0 Å². The van der Waals surface area contributed by atoms with Crippen LogP contribution in [0.2, 0.25) is 0 Å². The first-order valence-electron chi connectivity index (χ1n) is 4.66. The molecule has 1 amide bonds. The third-order valence-corrected chi connectivity index (χ3v) is 2.48. The van der Waals surface area contributed by atoms with Crippen molar-refractivity contribution in [3.63, 3.8) is 0 Å². The molecule has 1 atom stereocenters. The highest BCUT2D eigenvalue weighted by molar-refractivity contribution is 5.77. The van der Waals surface area contributed by atoms with E-state index >= 15 is 0 Å². The van der Waals surface area contributed by atoms with Crippen LogP contribution in [-0.2, 0) is 4.79 Å². The Labute approximate surface area is 73.9 Å². The van der Waals surface area contributed by atoms with Crippen molar-refractivity contribution >= 4 is 5.91 Å². The van der Waals surface area contributed by atoms with E-state index in [2.05, 4.69) is 13.8 Å². The SMILES string of the molecule is CC[C@H](C)CC(=O)N1CC(N)C1. The van der Waals surface area contributed by atoms with Crippen molar-refractivity contribution in [3.05, 3.63) is 0 Å². The Bertz CT molecular complexity index is 164. The van der Waals surface area contributed by atoms with Crippen LogP contribution in [0.1, 0.15) is 26.7 Å². The number of nitrogens with two attached hydrogens (primary N) is 1. The fourth-order valence-corrected chi connectivity index (χ4v) is 1.29. The summed E-state index contributed by atoms with van der Waals surface area (Å²) in [4.78, 5) is 13.3. The van der Waals surface area contributed by atoms with Crippen LogP contribution in [0.4, 0.5) is 0 Å². The van der Waals surface area contributed by atoms with Crippen molar-refractivity contribution in [2.45, 2.75) is 32.7 Å². The van der Waals surface area contributed by atoms with Gasteiger partial charge in [-0.2, -0.15) is 0 Å². The molecule has 70 valence electrons. The van der Waals surface area contributed by atoms with Crippen LogP contribution in [0.25, 0.3) is 0 Å². The van der Waals surface area contributed by atoms with Crippen LogP contribution >= 0.6 is 0 Å². The summed E-state index contributed by atoms with van der Waals surface area (Å²) in [5, 5.41) is 0. The Morgan fingerprint density at radius 1 is 1.67 bits per heavy atom. The molecule has 0 aromatic carbocycles. The minimum absolute atomic E-state index is 0.228. The maximum atomic E-state index is 11.4. The normalized spacial score (nSPS) is 20.4. The molecule has 0 spiro atoms. The highest BCUT2D eigenvalue weighted by Gasteiger charge is 2.27. The summed E-state index contributed by atoms with van der Waals surface area (Å²) in [5.41, 5.74) is 5.58. The van der Waals surface area contributed by atoms with Gasteiger partial charge in [0.25, 0.3) is 0 Å². The van der Waals surface area contributed by atoms with E-state index in [4.69, 9.17) is 5.73 Å². The number of hydrogen-bond donors (Lipinski definition) is 1. The first kappa shape index (κ1) is 9.52. The zero-order valence-corrected chi connectivity index (χ0v) is 7.92. The monoisotopic (exact) mass is 170 g/mol. The van der Waals surface area contributed by atoms with Crippen molar-refractivity contribution in [2.75, 3.05) is 13.1 Å². The maximum absolute atomic E-state index is 11.4. The average Bonchev–Trinajstić information content (AvgIpc) is 1.98. The van der Waals surface area contributed by atoms with Crippen molar-refractivity contribution < 1.29 is 4.79 Å². The number of amides is 1. The average molecular weight is 170 g/mol. The minimum Gasteiger partial charge on any atom is -0.339 e. The lowest BCUT2D eigenvalue weighted by molar-refractivity contribution is -0.136. The van der Waals surface area contributed by atoms with E-state index in [9.17, 15) is 4.79 Å². The predicted octanol–water partition coefficient (Wildman–Crippen LogP) is 0.592. The van der Waals surface area contributed by atoms with Crippen molar-refractivity contribution in [1.29, 1.82) is 0 Å². The summed E-state index contributed by atoms with van der Waals surface area (Å²) in [7, 11) is 0. The minimum atomic E-state index is 0.228. The number of carbonyl (C=O) groups is 1. The molecule has 12 heavy (non-hydrogen) atoms. The highest BCUT2D eigenvalue weighted by atomic mass is 16.2. The summed E-state index contributed by atoms with van der Waals surface area (Å²) in [6.07, 6.45) is 1.76. The largest absolute Gasteiger partial charge is 0.339 e. The van der Waals surface area contributed by atoms with Crippen LogP contribution < -0.4 is 5.73 Å². The third-order valence-electron chi connectivity index (χ3n) is 2.48. The van der Waals surface area contributed by atoms with E-state index in [0.717, 1.165) is 19.5 Å². The van der Waals surface area contributed by atoms with E-state index < -0.39 is 0 Å². The van der Waals surface area contributed by atoms with Crippen LogP contribution in [0.3, 0.4) is 0 Å². The second-order valence-electron chi connectivity index (χ2n) is 3.78. The molecule has 0 bridgehead atoms. The molecule has 0 aromatic rings. The first-order valence-corrected chi connectivity index (χ1v) is 4.66. The molecule has 0 aromatic heterocycles. The second kappa shape index (κ2) is 3.90. The molecule has 1 rings (SSSR count). The van der Waals surface area contributed by atoms with Gasteiger partial charge in [-0.15, -0.1) is 0 Å². The van der Waals surface area contributed by atoms with Gasteiger partial charge in [0.1, 0.15) is 0 Å². The van der Waals surface area contributed by atoms with Gasteiger partial charge < -0.3 is 10.6 Å². The van der Waals surface area contributed by atoms with Crippen LogP contribution in [0.5, 0.6) is 0 Å². The molecule has 0 unspecified atom stereocenters. The molecule has 3 nitrogen and oxygen atoms in total. The van der Waals surface area contributed by atoms with Gasteiger partial charge in [0.15, 0.2) is 0 Å². The molecule has 0 radical (unpaired) electrons. The Morgan fingerprint density at radius 3 is 2.67 bits per heavy atom. The lowest BCUT2D eigenvalue weighted by atomic mass is 10.0. The van der Waals surface area contributed by atoms with Gasteiger partial charge in [0.05, 0.1) is 0 Å². The molecule has 1 heterocycles. The summed E-state index contributed by atoms with van der Waals surface area (Å²) >= 11 is 0. The smallest absolute Gasteiger partial charge is 0.222 e. The number of carbonyl (C=O) groups excluding carboxylic acids is 1. The van der Waals surface area contributed by atoms with Crippen LogP contribution in [-0.4, -0.2) is 29.9 Å². The van der Waals surface area contributed by atoms with Crippen molar-refractivity contribution in [3.8, 4) is 0 Å². The van der Waals surface area contributed by atoms with Gasteiger partial charge in [-0.05, 0) is 5.92 Å². The van der Waals surface area contributed by atoms with E-state index in [1.165, 1.54) is 0 Å². The first-order chi connectivity index (χ1) is 5.63. The van der Waals surface area contributed by atoms with Crippen LogP contribution in [0.15, 0.2) is 0 Å². The molecule has 1 saturated heterocycles. The van der Waals surface area contributed by atoms with Crippen molar-refractivity contribution in [1.82, 2.24) is 4.90 Å². The summed E-state index contributed by atoms with van der Waals surface area (Å²) < 4.78 is 0. The quantitative estimate of drug-likeness (QED) is 0.674. The molecule has 0 aliphatic carbocycles. The summed E-state index contributed by atoms with van der Waals surface area (Å²) in [6.45, 7) is 5.74. The number of nitrogens with zero attached hydrogens (tertiary/aromatic N) is 1. The fraction of sp³-hybridized carbons (Fsp3) is 0.889. The standard InChI is InChI=1S/C9H18N2O/c1-3-7(2)4-9(12)11-5-8(10)6-11/h7-8H,3-6,10H2,1-2H3/t7-/m0/s1. The molecular formula is C9H18N2O. The molecule has 3 heteroatoms. The molecular weight excluding hydrogens is 152 g/mol.